The van der Waals surface area contributed by atoms with E-state index in [1.54, 1.807) is 18.5 Å². The molecule has 2 aromatic rings. The Labute approximate surface area is 169 Å². The molecule has 6 nitrogen and oxygen atoms in total. The van der Waals surface area contributed by atoms with E-state index >= 15 is 0 Å². The van der Waals surface area contributed by atoms with Gasteiger partial charge in [-0.25, -0.2) is 9.37 Å². The van der Waals surface area contributed by atoms with Gasteiger partial charge in [-0.3, -0.25) is 4.98 Å². The van der Waals surface area contributed by atoms with E-state index in [0.717, 1.165) is 30.4 Å². The molecule has 2 bridgehead atoms. The maximum Gasteiger partial charge on any atom is 0.147 e. The van der Waals surface area contributed by atoms with E-state index in [4.69, 9.17) is 4.74 Å². The molecule has 7 heteroatoms. The highest BCUT2D eigenvalue weighted by atomic mass is 19.1. The van der Waals surface area contributed by atoms with E-state index in [1.165, 1.54) is 0 Å². The van der Waals surface area contributed by atoms with Gasteiger partial charge in [0, 0.05) is 24.7 Å². The number of phenols is 1. The number of nitrogens with one attached hydrogen (secondary N) is 1. The number of hydrogen-bond acceptors (Lipinski definition) is 6. The van der Waals surface area contributed by atoms with Gasteiger partial charge in [0.2, 0.25) is 0 Å². The number of aromatic nitrogens is 2. The Hall–Kier alpha value is -2.51. The minimum absolute atomic E-state index is 0.0516. The minimum Gasteiger partial charge on any atom is -0.507 e. The van der Waals surface area contributed by atoms with Gasteiger partial charge in [-0.2, -0.15) is 0 Å². The molecule has 4 heterocycles. The van der Waals surface area contributed by atoms with Crippen molar-refractivity contribution < 1.29 is 14.2 Å². The zero-order valence-corrected chi connectivity index (χ0v) is 16.4. The van der Waals surface area contributed by atoms with Crippen molar-refractivity contribution in [3.63, 3.8) is 0 Å². The van der Waals surface area contributed by atoms with Crippen LogP contribution in [0.25, 0.3) is 16.8 Å². The number of alkyl halides is 1. The lowest BCUT2D eigenvalue weighted by atomic mass is 9.96. The highest BCUT2D eigenvalue weighted by Gasteiger charge is 2.43. The van der Waals surface area contributed by atoms with E-state index < -0.39 is 6.17 Å². The second-order valence-electron chi connectivity index (χ2n) is 8.14. The average Bonchev–Trinajstić information content (AvgIpc) is 3.41. The molecule has 2 fully saturated rings. The highest BCUT2D eigenvalue weighted by molar-refractivity contribution is 5.74. The fourth-order valence-corrected chi connectivity index (χ4v) is 4.70. The third-order valence-corrected chi connectivity index (χ3v) is 6.40. The molecule has 152 valence electrons. The first-order chi connectivity index (χ1) is 14.1. The zero-order valence-electron chi connectivity index (χ0n) is 16.4. The summed E-state index contributed by atoms with van der Waals surface area (Å²) < 4.78 is 20.2. The van der Waals surface area contributed by atoms with Gasteiger partial charge in [-0.15, -0.1) is 0 Å². The van der Waals surface area contributed by atoms with Crippen LogP contribution in [0.1, 0.15) is 24.8 Å². The molecule has 1 aromatic carbocycles. The Balaban J connectivity index is 1.35. The lowest BCUT2D eigenvalue weighted by Gasteiger charge is -2.38. The summed E-state index contributed by atoms with van der Waals surface area (Å²) >= 11 is 0. The molecule has 4 atom stereocenters. The van der Waals surface area contributed by atoms with Crippen molar-refractivity contribution in [2.24, 2.45) is 0 Å². The molecule has 0 radical (unpaired) electrons. The van der Waals surface area contributed by atoms with Gasteiger partial charge in [0.15, 0.2) is 0 Å². The molecule has 3 aliphatic heterocycles. The summed E-state index contributed by atoms with van der Waals surface area (Å²) in [6.07, 6.45) is 7.13. The third-order valence-electron chi connectivity index (χ3n) is 6.40. The van der Waals surface area contributed by atoms with Crippen molar-refractivity contribution in [3.8, 4) is 17.0 Å². The van der Waals surface area contributed by atoms with E-state index in [2.05, 4.69) is 15.3 Å². The monoisotopic (exact) mass is 396 g/mol. The number of hydrogen-bond donors (Lipinski definition) is 2. The van der Waals surface area contributed by atoms with Crippen LogP contribution in [0, 0.1) is 0 Å². The van der Waals surface area contributed by atoms with Gasteiger partial charge in [-0.05, 0) is 42.5 Å². The number of rotatable bonds is 4. The van der Waals surface area contributed by atoms with Crippen LogP contribution in [0.5, 0.6) is 5.75 Å². The predicted molar refractivity (Wildman–Crippen MR) is 110 cm³/mol. The molecular weight excluding hydrogens is 371 g/mol. The van der Waals surface area contributed by atoms with Crippen LogP contribution in [0.15, 0.2) is 36.7 Å². The van der Waals surface area contributed by atoms with Crippen LogP contribution in [0.3, 0.4) is 0 Å². The number of ether oxygens (including phenoxy) is 1. The van der Waals surface area contributed by atoms with E-state index in [0.29, 0.717) is 36.3 Å². The smallest absolute Gasteiger partial charge is 0.147 e. The molecule has 5 rings (SSSR count). The van der Waals surface area contributed by atoms with Crippen LogP contribution in [0.2, 0.25) is 0 Å². The number of aromatic hydroxyl groups is 1. The Morgan fingerprint density at radius 1 is 1.24 bits per heavy atom. The number of piperidine rings is 1. The first-order valence-electron chi connectivity index (χ1n) is 10.2. The SMILES string of the molecule is CN(c1cnc(-c2ccc(C3=CCOC3)cc2O)cn1)[C@H]1CC2CCC(N2)[C@H]1F. The number of nitrogens with zero attached hydrogens (tertiary/aromatic N) is 3. The maximum absolute atomic E-state index is 14.8. The summed E-state index contributed by atoms with van der Waals surface area (Å²) in [7, 11) is 1.88. The van der Waals surface area contributed by atoms with Crippen molar-refractivity contribution in [1.82, 2.24) is 15.3 Å². The van der Waals surface area contributed by atoms with Gasteiger partial charge in [-0.1, -0.05) is 12.1 Å². The molecule has 2 unspecified atom stereocenters. The fraction of sp³-hybridized carbons (Fsp3) is 0.455. The van der Waals surface area contributed by atoms with Crippen molar-refractivity contribution in [1.29, 1.82) is 0 Å². The average molecular weight is 396 g/mol. The fourth-order valence-electron chi connectivity index (χ4n) is 4.70. The molecule has 3 aliphatic rings. The lowest BCUT2D eigenvalue weighted by molar-refractivity contribution is 0.176. The number of anilines is 1. The summed E-state index contributed by atoms with van der Waals surface area (Å²) in [4.78, 5) is 10.9. The third kappa shape index (κ3) is 3.38. The Morgan fingerprint density at radius 3 is 2.86 bits per heavy atom. The summed E-state index contributed by atoms with van der Waals surface area (Å²) in [6.45, 7) is 1.17. The van der Waals surface area contributed by atoms with Crippen LogP contribution >= 0.6 is 0 Å². The van der Waals surface area contributed by atoms with E-state index in [9.17, 15) is 9.50 Å². The molecular formula is C22H25FN4O2. The van der Waals surface area contributed by atoms with Crippen LogP contribution in [-0.4, -0.2) is 59.6 Å². The highest BCUT2D eigenvalue weighted by Crippen LogP contribution is 2.34. The standard InChI is InChI=1S/C22H25FN4O2/c1-27(19-9-15-3-5-17(26-15)22(19)23)21-11-24-18(10-25-21)16-4-2-13(8-20(16)28)14-6-7-29-12-14/h2,4,6,8,10-11,15,17,19,22,26,28H,3,5,7,9,12H2,1H3/t15?,17?,19-,22+/m0/s1. The van der Waals surface area contributed by atoms with Gasteiger partial charge < -0.3 is 20.1 Å². The predicted octanol–water partition coefficient (Wildman–Crippen LogP) is 2.93. The van der Waals surface area contributed by atoms with Crippen molar-refractivity contribution in [2.45, 2.75) is 43.6 Å². The molecule has 2 N–H and O–H groups in total. The van der Waals surface area contributed by atoms with Crippen LogP contribution in [0.4, 0.5) is 10.2 Å². The molecule has 0 spiro atoms. The normalized spacial score (nSPS) is 28.4. The first kappa shape index (κ1) is 18.5. The molecule has 0 saturated carbocycles. The topological polar surface area (TPSA) is 70.5 Å². The second kappa shape index (κ2) is 7.39. The summed E-state index contributed by atoms with van der Waals surface area (Å²) in [5.41, 5.74) is 3.23. The first-order valence-corrected chi connectivity index (χ1v) is 10.2. The number of fused-ring (bicyclic) bond motifs is 2. The Bertz CT molecular complexity index is 933. The van der Waals surface area contributed by atoms with Gasteiger partial charge in [0.25, 0.3) is 0 Å². The van der Waals surface area contributed by atoms with Gasteiger partial charge in [0.1, 0.15) is 17.7 Å². The minimum atomic E-state index is -0.911. The van der Waals surface area contributed by atoms with Gasteiger partial charge in [0.05, 0.1) is 37.3 Å². The summed E-state index contributed by atoms with van der Waals surface area (Å²) in [5, 5.41) is 13.8. The molecule has 2 saturated heterocycles. The Kier molecular flexibility index (Phi) is 4.72. The maximum atomic E-state index is 14.8. The molecule has 0 aliphatic carbocycles. The van der Waals surface area contributed by atoms with Crippen molar-refractivity contribution >= 4 is 11.4 Å². The van der Waals surface area contributed by atoms with Crippen LogP contribution in [-0.2, 0) is 4.74 Å². The molecule has 0 amide bonds. The molecule has 1 aromatic heterocycles. The zero-order chi connectivity index (χ0) is 20.0. The number of phenolic OH excluding ortho intramolecular Hbond substituents is 1. The van der Waals surface area contributed by atoms with E-state index in [1.807, 2.05) is 30.2 Å². The van der Waals surface area contributed by atoms with E-state index in [-0.39, 0.29) is 17.8 Å². The quantitative estimate of drug-likeness (QED) is 0.828. The lowest BCUT2D eigenvalue weighted by Crippen LogP contribution is -2.55. The molecule has 29 heavy (non-hydrogen) atoms. The summed E-state index contributed by atoms with van der Waals surface area (Å²) in [5.74, 6) is 0.802. The van der Waals surface area contributed by atoms with Gasteiger partial charge >= 0.3 is 0 Å². The Morgan fingerprint density at radius 2 is 2.14 bits per heavy atom. The van der Waals surface area contributed by atoms with Crippen LogP contribution < -0.4 is 10.2 Å². The largest absolute Gasteiger partial charge is 0.507 e. The summed E-state index contributed by atoms with van der Waals surface area (Å²) in [6, 6.07) is 5.68. The second-order valence-corrected chi connectivity index (χ2v) is 8.14. The van der Waals surface area contributed by atoms with Crippen molar-refractivity contribution in [2.75, 3.05) is 25.2 Å². The number of benzene rings is 1. The number of halogens is 1. The van der Waals surface area contributed by atoms with Crippen molar-refractivity contribution in [3.05, 3.63) is 42.2 Å².